The minimum atomic E-state index is 0.880. The van der Waals surface area contributed by atoms with Gasteiger partial charge in [0.1, 0.15) is 0 Å². The second kappa shape index (κ2) is 5.21. The van der Waals surface area contributed by atoms with Crippen molar-refractivity contribution < 1.29 is 0 Å². The lowest BCUT2D eigenvalue weighted by molar-refractivity contribution is 0.840. The number of hydrogen-bond acceptors (Lipinski definition) is 0. The smallest absolute Gasteiger partial charge is 0.00892 e. The van der Waals surface area contributed by atoms with Gasteiger partial charge in [-0.3, -0.25) is 0 Å². The van der Waals surface area contributed by atoms with Crippen molar-refractivity contribution in [1.82, 2.24) is 0 Å². The Labute approximate surface area is 100 Å². The standard InChI is InChI=1S/C16H22/c1-7-8-9-10-16-14(5)12(3)11(2)13(4)15(16)6/h1H,8-10H2,2-6H3. The van der Waals surface area contributed by atoms with Crippen LogP contribution in [0.1, 0.15) is 46.2 Å². The summed E-state index contributed by atoms with van der Waals surface area (Å²) in [6.07, 6.45) is 8.39. The highest BCUT2D eigenvalue weighted by atomic mass is 14.2. The quantitative estimate of drug-likeness (QED) is 0.523. The van der Waals surface area contributed by atoms with Gasteiger partial charge in [0.2, 0.25) is 0 Å². The molecule has 0 heterocycles. The van der Waals surface area contributed by atoms with Crippen LogP contribution >= 0.6 is 0 Å². The first-order valence-electron chi connectivity index (χ1n) is 6.00. The highest BCUT2D eigenvalue weighted by molar-refractivity contribution is 5.49. The zero-order valence-electron chi connectivity index (χ0n) is 11.2. The molecular weight excluding hydrogens is 192 g/mol. The largest absolute Gasteiger partial charge is 0.120 e. The van der Waals surface area contributed by atoms with Crippen molar-refractivity contribution in [1.29, 1.82) is 0 Å². The second-order valence-corrected chi connectivity index (χ2v) is 4.66. The first-order valence-corrected chi connectivity index (χ1v) is 6.00. The van der Waals surface area contributed by atoms with Gasteiger partial charge >= 0.3 is 0 Å². The molecule has 0 radical (unpaired) electrons. The summed E-state index contributed by atoms with van der Waals surface area (Å²) in [6, 6.07) is 0. The summed E-state index contributed by atoms with van der Waals surface area (Å²) in [6.45, 7) is 11.1. The first kappa shape index (κ1) is 12.8. The lowest BCUT2D eigenvalue weighted by Gasteiger charge is -2.18. The maximum absolute atomic E-state index is 5.30. The van der Waals surface area contributed by atoms with E-state index >= 15 is 0 Å². The average molecular weight is 214 g/mol. The first-order chi connectivity index (χ1) is 7.50. The lowest BCUT2D eigenvalue weighted by Crippen LogP contribution is -2.02. The van der Waals surface area contributed by atoms with Crippen LogP contribution in [-0.4, -0.2) is 0 Å². The molecule has 0 amide bonds. The van der Waals surface area contributed by atoms with Crippen molar-refractivity contribution in [2.75, 3.05) is 0 Å². The molecule has 0 aromatic heterocycles. The maximum atomic E-state index is 5.30. The minimum Gasteiger partial charge on any atom is -0.120 e. The highest BCUT2D eigenvalue weighted by Crippen LogP contribution is 2.27. The molecule has 0 spiro atoms. The van der Waals surface area contributed by atoms with E-state index in [0.29, 0.717) is 0 Å². The molecule has 1 aromatic carbocycles. The Kier molecular flexibility index (Phi) is 4.19. The van der Waals surface area contributed by atoms with Gasteiger partial charge in [-0.2, -0.15) is 0 Å². The Bertz CT molecular complexity index is 401. The summed E-state index contributed by atoms with van der Waals surface area (Å²) < 4.78 is 0. The summed E-state index contributed by atoms with van der Waals surface area (Å²) in [5, 5.41) is 0. The molecule has 0 fully saturated rings. The van der Waals surface area contributed by atoms with Crippen molar-refractivity contribution in [2.24, 2.45) is 0 Å². The molecular formula is C16H22. The summed E-state index contributed by atoms with van der Waals surface area (Å²) in [4.78, 5) is 0. The van der Waals surface area contributed by atoms with Gasteiger partial charge in [-0.05, 0) is 80.8 Å². The fourth-order valence-corrected chi connectivity index (χ4v) is 2.32. The summed E-state index contributed by atoms with van der Waals surface area (Å²) in [5.41, 5.74) is 8.75. The van der Waals surface area contributed by atoms with Gasteiger partial charge in [0.25, 0.3) is 0 Å². The van der Waals surface area contributed by atoms with Crippen molar-refractivity contribution in [3.8, 4) is 12.3 Å². The number of benzene rings is 1. The fraction of sp³-hybridized carbons (Fsp3) is 0.500. The van der Waals surface area contributed by atoms with Crippen LogP contribution in [0, 0.1) is 47.0 Å². The third-order valence-electron chi connectivity index (χ3n) is 3.90. The van der Waals surface area contributed by atoms with E-state index in [1.165, 1.54) is 33.4 Å². The van der Waals surface area contributed by atoms with E-state index in [9.17, 15) is 0 Å². The molecule has 86 valence electrons. The van der Waals surface area contributed by atoms with Gasteiger partial charge in [0.05, 0.1) is 0 Å². The predicted octanol–water partition coefficient (Wildman–Crippen LogP) is 4.18. The molecule has 0 saturated carbocycles. The molecule has 0 aliphatic rings. The van der Waals surface area contributed by atoms with Crippen LogP contribution in [0.25, 0.3) is 0 Å². The van der Waals surface area contributed by atoms with Gasteiger partial charge < -0.3 is 0 Å². The van der Waals surface area contributed by atoms with E-state index < -0.39 is 0 Å². The van der Waals surface area contributed by atoms with Gasteiger partial charge in [-0.15, -0.1) is 12.3 Å². The van der Waals surface area contributed by atoms with Gasteiger partial charge in [-0.25, -0.2) is 0 Å². The van der Waals surface area contributed by atoms with Crippen molar-refractivity contribution in [3.63, 3.8) is 0 Å². The van der Waals surface area contributed by atoms with E-state index in [1.807, 2.05) is 0 Å². The SMILES string of the molecule is C#CCCCc1c(C)c(C)c(C)c(C)c1C. The minimum absolute atomic E-state index is 0.880. The Balaban J connectivity index is 3.14. The van der Waals surface area contributed by atoms with Gasteiger partial charge in [-0.1, -0.05) is 0 Å². The van der Waals surface area contributed by atoms with Crippen LogP contribution in [0.3, 0.4) is 0 Å². The van der Waals surface area contributed by atoms with Crippen LogP contribution in [0.5, 0.6) is 0 Å². The van der Waals surface area contributed by atoms with Crippen LogP contribution < -0.4 is 0 Å². The summed E-state index contributed by atoms with van der Waals surface area (Å²) in [7, 11) is 0. The Morgan fingerprint density at radius 2 is 1.25 bits per heavy atom. The van der Waals surface area contributed by atoms with Crippen molar-refractivity contribution in [2.45, 2.75) is 53.9 Å². The summed E-state index contributed by atoms with van der Waals surface area (Å²) in [5.74, 6) is 2.72. The zero-order chi connectivity index (χ0) is 12.3. The molecule has 0 unspecified atom stereocenters. The lowest BCUT2D eigenvalue weighted by atomic mass is 9.87. The van der Waals surface area contributed by atoms with E-state index in [-0.39, 0.29) is 0 Å². The number of rotatable bonds is 3. The topological polar surface area (TPSA) is 0 Å². The van der Waals surface area contributed by atoms with Crippen LogP contribution in [0.15, 0.2) is 0 Å². The molecule has 16 heavy (non-hydrogen) atoms. The van der Waals surface area contributed by atoms with Gasteiger partial charge in [0, 0.05) is 6.42 Å². The van der Waals surface area contributed by atoms with Crippen molar-refractivity contribution in [3.05, 3.63) is 33.4 Å². The molecule has 0 N–H and O–H groups in total. The Hall–Kier alpha value is -1.22. The Morgan fingerprint density at radius 3 is 1.69 bits per heavy atom. The molecule has 0 aliphatic heterocycles. The van der Waals surface area contributed by atoms with E-state index in [4.69, 9.17) is 6.42 Å². The van der Waals surface area contributed by atoms with E-state index in [0.717, 1.165) is 19.3 Å². The van der Waals surface area contributed by atoms with E-state index in [2.05, 4.69) is 40.5 Å². The van der Waals surface area contributed by atoms with Gasteiger partial charge in [0.15, 0.2) is 0 Å². The zero-order valence-corrected chi connectivity index (χ0v) is 11.2. The monoisotopic (exact) mass is 214 g/mol. The molecule has 0 nitrogen and oxygen atoms in total. The molecule has 0 bridgehead atoms. The molecule has 0 aliphatic carbocycles. The molecule has 0 saturated heterocycles. The summed E-state index contributed by atoms with van der Waals surface area (Å²) >= 11 is 0. The van der Waals surface area contributed by atoms with Crippen LogP contribution in [0.4, 0.5) is 0 Å². The average Bonchev–Trinajstić information content (AvgIpc) is 2.28. The Morgan fingerprint density at radius 1 is 0.812 bits per heavy atom. The number of terminal acetylenes is 1. The third kappa shape index (κ3) is 2.30. The molecule has 1 rings (SSSR count). The molecule has 0 atom stereocenters. The predicted molar refractivity (Wildman–Crippen MR) is 71.9 cm³/mol. The normalized spacial score (nSPS) is 10.2. The molecule has 1 aromatic rings. The highest BCUT2D eigenvalue weighted by Gasteiger charge is 2.11. The van der Waals surface area contributed by atoms with Crippen molar-refractivity contribution >= 4 is 0 Å². The van der Waals surface area contributed by atoms with Crippen LogP contribution in [0.2, 0.25) is 0 Å². The fourth-order valence-electron chi connectivity index (χ4n) is 2.32. The second-order valence-electron chi connectivity index (χ2n) is 4.66. The maximum Gasteiger partial charge on any atom is 0.00892 e. The van der Waals surface area contributed by atoms with E-state index in [1.54, 1.807) is 0 Å². The number of unbranched alkanes of at least 4 members (excludes halogenated alkanes) is 1. The third-order valence-corrected chi connectivity index (χ3v) is 3.90. The van der Waals surface area contributed by atoms with Crippen LogP contribution in [-0.2, 0) is 6.42 Å². The number of hydrogen-bond donors (Lipinski definition) is 0. The molecule has 0 heteroatoms.